The van der Waals surface area contributed by atoms with Gasteiger partial charge in [-0.15, -0.1) is 0 Å². The average molecular weight is 217 g/mol. The lowest BCUT2D eigenvalue weighted by Crippen LogP contribution is -2.09. The van der Waals surface area contributed by atoms with Gasteiger partial charge in [0.25, 0.3) is 6.43 Å². The van der Waals surface area contributed by atoms with Gasteiger partial charge in [0.2, 0.25) is 5.88 Å². The molecule has 0 spiro atoms. The van der Waals surface area contributed by atoms with Gasteiger partial charge in [-0.3, -0.25) is 0 Å². The van der Waals surface area contributed by atoms with Crippen LogP contribution >= 0.6 is 0 Å². The molecule has 0 atom stereocenters. The minimum Gasteiger partial charge on any atom is -0.480 e. The van der Waals surface area contributed by atoms with Gasteiger partial charge in [0.1, 0.15) is 5.56 Å². The van der Waals surface area contributed by atoms with Crippen molar-refractivity contribution in [1.82, 2.24) is 4.98 Å². The summed E-state index contributed by atoms with van der Waals surface area (Å²) in [6.07, 6.45) is -1.64. The number of rotatable bonds is 3. The normalized spacial score (nSPS) is 10.2. The summed E-state index contributed by atoms with van der Waals surface area (Å²) >= 11 is 0. The molecule has 0 amide bonds. The number of methoxy groups -OCH3 is 2. The van der Waals surface area contributed by atoms with Crippen LogP contribution in [0.15, 0.2) is 12.3 Å². The van der Waals surface area contributed by atoms with E-state index in [1.165, 1.54) is 7.11 Å². The van der Waals surface area contributed by atoms with E-state index < -0.39 is 18.0 Å². The second kappa shape index (κ2) is 4.68. The first-order valence-corrected chi connectivity index (χ1v) is 4.01. The zero-order chi connectivity index (χ0) is 11.4. The fourth-order valence-corrected chi connectivity index (χ4v) is 1.10. The third-order valence-corrected chi connectivity index (χ3v) is 1.77. The van der Waals surface area contributed by atoms with Gasteiger partial charge in [-0.25, -0.2) is 18.6 Å². The highest BCUT2D eigenvalue weighted by Gasteiger charge is 2.24. The van der Waals surface area contributed by atoms with E-state index in [0.717, 1.165) is 19.4 Å². The summed E-state index contributed by atoms with van der Waals surface area (Å²) in [7, 11) is 2.34. The molecule has 0 aliphatic rings. The van der Waals surface area contributed by atoms with Gasteiger partial charge in [-0.05, 0) is 6.07 Å². The molecule has 1 aromatic rings. The molecule has 0 fully saturated rings. The van der Waals surface area contributed by atoms with Crippen molar-refractivity contribution in [3.8, 4) is 5.88 Å². The second-order valence-corrected chi connectivity index (χ2v) is 2.58. The van der Waals surface area contributed by atoms with Crippen LogP contribution in [-0.4, -0.2) is 25.2 Å². The van der Waals surface area contributed by atoms with Crippen LogP contribution in [0.1, 0.15) is 22.3 Å². The van der Waals surface area contributed by atoms with Crippen molar-refractivity contribution in [2.24, 2.45) is 0 Å². The Morgan fingerprint density at radius 1 is 1.47 bits per heavy atom. The minimum atomic E-state index is -2.78. The number of alkyl halides is 2. The summed E-state index contributed by atoms with van der Waals surface area (Å²) in [4.78, 5) is 14.9. The fraction of sp³-hybridized carbons (Fsp3) is 0.333. The van der Waals surface area contributed by atoms with Crippen molar-refractivity contribution in [3.63, 3.8) is 0 Å². The lowest BCUT2D eigenvalue weighted by Gasteiger charge is -2.09. The Balaban J connectivity index is 3.33. The smallest absolute Gasteiger partial charge is 0.343 e. The Morgan fingerprint density at radius 2 is 2.13 bits per heavy atom. The Hall–Kier alpha value is -1.72. The van der Waals surface area contributed by atoms with Crippen molar-refractivity contribution in [1.29, 1.82) is 0 Å². The van der Waals surface area contributed by atoms with Gasteiger partial charge < -0.3 is 9.47 Å². The van der Waals surface area contributed by atoms with Gasteiger partial charge in [0, 0.05) is 11.8 Å². The number of hydrogen-bond acceptors (Lipinski definition) is 4. The summed E-state index contributed by atoms with van der Waals surface area (Å²) in [5, 5.41) is 0. The molecule has 1 aromatic heterocycles. The number of nitrogens with zero attached hydrogens (tertiary/aromatic N) is 1. The second-order valence-electron chi connectivity index (χ2n) is 2.58. The maximum Gasteiger partial charge on any atom is 0.343 e. The molecule has 15 heavy (non-hydrogen) atoms. The lowest BCUT2D eigenvalue weighted by molar-refractivity contribution is 0.0584. The zero-order valence-corrected chi connectivity index (χ0v) is 8.16. The standard InChI is InChI=1S/C9H9F2NO3/c1-14-8-6(9(13)15-2)5(7(10)11)3-4-12-8/h3-4,7H,1-2H3. The van der Waals surface area contributed by atoms with Crippen LogP contribution in [0.4, 0.5) is 8.78 Å². The molecule has 1 heterocycles. The van der Waals surface area contributed by atoms with E-state index >= 15 is 0 Å². The summed E-state index contributed by atoms with van der Waals surface area (Å²) in [5.74, 6) is -1.06. The minimum absolute atomic E-state index is 0.167. The molecule has 0 aromatic carbocycles. The molecule has 0 saturated heterocycles. The first kappa shape index (κ1) is 11.4. The molecule has 0 bridgehead atoms. The Bertz CT molecular complexity index is 368. The average Bonchev–Trinajstić information content (AvgIpc) is 2.26. The summed E-state index contributed by atoms with van der Waals surface area (Å²) < 4.78 is 34.2. The van der Waals surface area contributed by atoms with Gasteiger partial charge in [-0.1, -0.05) is 0 Å². The molecule has 82 valence electrons. The zero-order valence-electron chi connectivity index (χ0n) is 8.16. The topological polar surface area (TPSA) is 48.4 Å². The van der Waals surface area contributed by atoms with Crippen LogP contribution in [0.5, 0.6) is 5.88 Å². The third-order valence-electron chi connectivity index (χ3n) is 1.77. The molecular formula is C9H9F2NO3. The van der Waals surface area contributed by atoms with Crippen molar-refractivity contribution in [2.45, 2.75) is 6.43 Å². The molecule has 4 nitrogen and oxygen atoms in total. The lowest BCUT2D eigenvalue weighted by atomic mass is 10.1. The van der Waals surface area contributed by atoms with E-state index in [2.05, 4.69) is 9.72 Å². The van der Waals surface area contributed by atoms with Crippen LogP contribution < -0.4 is 4.74 Å². The maximum absolute atomic E-state index is 12.5. The number of carbonyl (C=O) groups is 1. The molecule has 0 N–H and O–H groups in total. The number of ether oxygens (including phenoxy) is 2. The quantitative estimate of drug-likeness (QED) is 0.724. The van der Waals surface area contributed by atoms with Crippen molar-refractivity contribution >= 4 is 5.97 Å². The molecule has 0 saturated carbocycles. The summed E-state index contributed by atoms with van der Waals surface area (Å²) in [6, 6.07) is 1.06. The molecule has 0 aliphatic heterocycles. The molecule has 0 unspecified atom stereocenters. The molecular weight excluding hydrogens is 208 g/mol. The van der Waals surface area contributed by atoms with E-state index in [9.17, 15) is 13.6 Å². The van der Waals surface area contributed by atoms with Crippen LogP contribution in [-0.2, 0) is 4.74 Å². The first-order chi connectivity index (χ1) is 7.11. The highest BCUT2D eigenvalue weighted by molar-refractivity contribution is 5.93. The van der Waals surface area contributed by atoms with Gasteiger partial charge >= 0.3 is 5.97 Å². The molecule has 1 rings (SSSR count). The van der Waals surface area contributed by atoms with Crippen LogP contribution in [0.3, 0.4) is 0 Å². The van der Waals surface area contributed by atoms with E-state index in [0.29, 0.717) is 0 Å². The Labute approximate surface area is 84.8 Å². The third kappa shape index (κ3) is 2.20. The van der Waals surface area contributed by atoms with Crippen molar-refractivity contribution in [2.75, 3.05) is 14.2 Å². The Kier molecular flexibility index (Phi) is 3.54. The van der Waals surface area contributed by atoms with Crippen LogP contribution in [0, 0.1) is 0 Å². The molecule has 0 radical (unpaired) electrons. The van der Waals surface area contributed by atoms with Crippen molar-refractivity contribution in [3.05, 3.63) is 23.4 Å². The van der Waals surface area contributed by atoms with E-state index in [1.54, 1.807) is 0 Å². The summed E-state index contributed by atoms with van der Waals surface area (Å²) in [5.41, 5.74) is -0.786. The van der Waals surface area contributed by atoms with E-state index in [1.807, 2.05) is 0 Å². The SMILES string of the molecule is COC(=O)c1c(C(F)F)ccnc1OC. The first-order valence-electron chi connectivity index (χ1n) is 4.01. The molecule has 6 heteroatoms. The number of esters is 1. The molecule has 0 aliphatic carbocycles. The number of aromatic nitrogens is 1. The van der Waals surface area contributed by atoms with Gasteiger partial charge in [-0.2, -0.15) is 0 Å². The number of halogens is 2. The van der Waals surface area contributed by atoms with Crippen LogP contribution in [0.25, 0.3) is 0 Å². The number of carbonyl (C=O) groups excluding carboxylic acids is 1. The van der Waals surface area contributed by atoms with E-state index in [-0.39, 0.29) is 11.4 Å². The summed E-state index contributed by atoms with van der Waals surface area (Å²) in [6.45, 7) is 0. The van der Waals surface area contributed by atoms with Crippen LogP contribution in [0.2, 0.25) is 0 Å². The fourth-order valence-electron chi connectivity index (χ4n) is 1.10. The van der Waals surface area contributed by atoms with Gasteiger partial charge in [0.05, 0.1) is 14.2 Å². The maximum atomic E-state index is 12.5. The predicted molar refractivity (Wildman–Crippen MR) is 47.1 cm³/mol. The number of pyridine rings is 1. The highest BCUT2D eigenvalue weighted by atomic mass is 19.3. The van der Waals surface area contributed by atoms with Gasteiger partial charge in [0.15, 0.2) is 0 Å². The van der Waals surface area contributed by atoms with E-state index in [4.69, 9.17) is 4.74 Å². The highest BCUT2D eigenvalue weighted by Crippen LogP contribution is 2.28. The van der Waals surface area contributed by atoms with Crippen molar-refractivity contribution < 1.29 is 23.0 Å². The Morgan fingerprint density at radius 3 is 2.60 bits per heavy atom. The largest absolute Gasteiger partial charge is 0.480 e. The number of hydrogen-bond donors (Lipinski definition) is 0. The monoisotopic (exact) mass is 217 g/mol. The predicted octanol–water partition coefficient (Wildman–Crippen LogP) is 1.81.